The number of urea groups is 1. The highest BCUT2D eigenvalue weighted by molar-refractivity contribution is 6.03. The van der Waals surface area contributed by atoms with Crippen molar-refractivity contribution in [1.29, 1.82) is 0 Å². The number of fused-ring (bicyclic) bond motifs is 1. The van der Waals surface area contributed by atoms with E-state index in [4.69, 9.17) is 0 Å². The van der Waals surface area contributed by atoms with E-state index in [1.165, 1.54) is 0 Å². The van der Waals surface area contributed by atoms with Gasteiger partial charge in [-0.15, -0.1) is 0 Å². The van der Waals surface area contributed by atoms with E-state index in [0.29, 0.717) is 11.9 Å². The minimum absolute atomic E-state index is 0.183. The van der Waals surface area contributed by atoms with Crippen molar-refractivity contribution in [3.63, 3.8) is 0 Å². The number of rotatable bonds is 3. The number of benzene rings is 1. The molecular weight excluding hydrogens is 242 g/mol. The highest BCUT2D eigenvalue weighted by Gasteiger charge is 2.24. The summed E-state index contributed by atoms with van der Waals surface area (Å²) in [4.78, 5) is 11.8. The molecular formula is C13H17N5O. The third-order valence-corrected chi connectivity index (χ3v) is 3.28. The van der Waals surface area contributed by atoms with Crippen molar-refractivity contribution in [2.45, 2.75) is 18.9 Å². The Labute approximate surface area is 111 Å². The Morgan fingerprint density at radius 3 is 2.89 bits per heavy atom. The number of nitrogens with one attached hydrogen (secondary N) is 3. The molecule has 6 heteroatoms. The number of aryl methyl sites for hydroxylation is 1. The molecule has 1 heterocycles. The summed E-state index contributed by atoms with van der Waals surface area (Å²) in [5.74, 6) is 0.591. The van der Waals surface area contributed by atoms with Crippen molar-refractivity contribution in [3.05, 3.63) is 18.2 Å². The smallest absolute Gasteiger partial charge is 0.320 e. The fraction of sp³-hybridized carbons (Fsp3) is 0.385. The SMILES string of the molecule is CNc1cccc2c(NC(=O)NC3CC3)nn(C)c12. The molecule has 0 aliphatic heterocycles. The number of para-hydroxylation sites is 1. The van der Waals surface area contributed by atoms with E-state index in [9.17, 15) is 4.79 Å². The van der Waals surface area contributed by atoms with Crippen LogP contribution < -0.4 is 16.0 Å². The van der Waals surface area contributed by atoms with Crippen molar-refractivity contribution in [2.75, 3.05) is 17.7 Å². The van der Waals surface area contributed by atoms with Crippen LogP contribution in [0.4, 0.5) is 16.3 Å². The van der Waals surface area contributed by atoms with Gasteiger partial charge in [-0.3, -0.25) is 10.00 Å². The predicted octanol–water partition coefficient (Wildman–Crippen LogP) is 1.90. The molecule has 1 saturated carbocycles. The van der Waals surface area contributed by atoms with Gasteiger partial charge in [0.25, 0.3) is 0 Å². The van der Waals surface area contributed by atoms with Crippen molar-refractivity contribution in [3.8, 4) is 0 Å². The summed E-state index contributed by atoms with van der Waals surface area (Å²) in [7, 11) is 3.74. The Bertz CT molecular complexity index is 629. The van der Waals surface area contributed by atoms with Crippen LogP contribution in [0.25, 0.3) is 10.9 Å². The van der Waals surface area contributed by atoms with E-state index in [0.717, 1.165) is 29.4 Å². The van der Waals surface area contributed by atoms with Gasteiger partial charge in [0, 0.05) is 25.5 Å². The third-order valence-electron chi connectivity index (χ3n) is 3.28. The Hall–Kier alpha value is -2.24. The van der Waals surface area contributed by atoms with Crippen LogP contribution in [0.1, 0.15) is 12.8 Å². The van der Waals surface area contributed by atoms with E-state index in [1.807, 2.05) is 32.3 Å². The van der Waals surface area contributed by atoms with Gasteiger partial charge in [-0.1, -0.05) is 6.07 Å². The van der Waals surface area contributed by atoms with Crippen molar-refractivity contribution >= 4 is 28.4 Å². The van der Waals surface area contributed by atoms with Crippen LogP contribution in [-0.2, 0) is 7.05 Å². The van der Waals surface area contributed by atoms with Crippen LogP contribution in [0.15, 0.2) is 18.2 Å². The first kappa shape index (κ1) is 11.8. The van der Waals surface area contributed by atoms with Crippen LogP contribution in [0.2, 0.25) is 0 Å². The summed E-state index contributed by atoms with van der Waals surface area (Å²) in [6.45, 7) is 0. The van der Waals surface area contributed by atoms with E-state index in [1.54, 1.807) is 4.68 Å². The minimum Gasteiger partial charge on any atom is -0.386 e. The number of anilines is 2. The number of carbonyl (C=O) groups excluding carboxylic acids is 1. The molecule has 0 unspecified atom stereocenters. The minimum atomic E-state index is -0.183. The Morgan fingerprint density at radius 1 is 1.42 bits per heavy atom. The van der Waals surface area contributed by atoms with Crippen molar-refractivity contribution in [1.82, 2.24) is 15.1 Å². The first-order chi connectivity index (χ1) is 9.19. The lowest BCUT2D eigenvalue weighted by atomic mass is 10.2. The van der Waals surface area contributed by atoms with Crippen LogP contribution >= 0.6 is 0 Å². The molecule has 1 aliphatic rings. The van der Waals surface area contributed by atoms with E-state index in [2.05, 4.69) is 21.0 Å². The molecule has 100 valence electrons. The molecule has 1 fully saturated rings. The van der Waals surface area contributed by atoms with Crippen LogP contribution in [-0.4, -0.2) is 28.9 Å². The third kappa shape index (κ3) is 2.21. The van der Waals surface area contributed by atoms with E-state index >= 15 is 0 Å². The maximum atomic E-state index is 11.8. The fourth-order valence-electron chi connectivity index (χ4n) is 2.19. The molecule has 6 nitrogen and oxygen atoms in total. The number of hydrogen-bond acceptors (Lipinski definition) is 3. The maximum absolute atomic E-state index is 11.8. The predicted molar refractivity (Wildman–Crippen MR) is 75.4 cm³/mol. The molecule has 3 rings (SSSR count). The van der Waals surface area contributed by atoms with Gasteiger partial charge in [-0.2, -0.15) is 5.10 Å². The standard InChI is InChI=1S/C13H17N5O/c1-14-10-5-3-4-9-11(10)18(2)17-12(9)16-13(19)15-8-6-7-8/h3-5,8,14H,6-7H2,1-2H3,(H2,15,16,17,19). The summed E-state index contributed by atoms with van der Waals surface area (Å²) in [5.41, 5.74) is 1.97. The lowest BCUT2D eigenvalue weighted by Gasteiger charge is -2.04. The van der Waals surface area contributed by atoms with Gasteiger partial charge in [-0.05, 0) is 25.0 Å². The number of aromatic nitrogens is 2. The average molecular weight is 259 g/mol. The zero-order valence-corrected chi connectivity index (χ0v) is 11.0. The van der Waals surface area contributed by atoms with Crippen LogP contribution in [0.3, 0.4) is 0 Å². The van der Waals surface area contributed by atoms with Gasteiger partial charge in [0.1, 0.15) is 0 Å². The molecule has 1 aromatic carbocycles. The maximum Gasteiger partial charge on any atom is 0.320 e. The summed E-state index contributed by atoms with van der Waals surface area (Å²) in [6.07, 6.45) is 2.14. The van der Waals surface area contributed by atoms with Crippen molar-refractivity contribution < 1.29 is 4.79 Å². The molecule has 1 aliphatic carbocycles. The summed E-state index contributed by atoms with van der Waals surface area (Å²) in [6, 6.07) is 6.04. The number of hydrogen-bond donors (Lipinski definition) is 3. The summed E-state index contributed by atoms with van der Waals surface area (Å²) < 4.78 is 1.77. The van der Waals surface area contributed by atoms with Crippen molar-refractivity contribution in [2.24, 2.45) is 7.05 Å². The van der Waals surface area contributed by atoms with Gasteiger partial charge in [-0.25, -0.2) is 4.79 Å². The second-order valence-electron chi connectivity index (χ2n) is 4.80. The first-order valence-corrected chi connectivity index (χ1v) is 6.40. The zero-order valence-electron chi connectivity index (χ0n) is 11.0. The number of amides is 2. The monoisotopic (exact) mass is 259 g/mol. The second-order valence-corrected chi connectivity index (χ2v) is 4.80. The van der Waals surface area contributed by atoms with Gasteiger partial charge < -0.3 is 10.6 Å². The Kier molecular flexibility index (Phi) is 2.77. The van der Waals surface area contributed by atoms with Gasteiger partial charge in [0.15, 0.2) is 5.82 Å². The molecule has 1 aromatic heterocycles. The molecule has 0 radical (unpaired) electrons. The molecule has 0 spiro atoms. The van der Waals surface area contributed by atoms with E-state index < -0.39 is 0 Å². The Morgan fingerprint density at radius 2 is 2.21 bits per heavy atom. The quantitative estimate of drug-likeness (QED) is 0.788. The topological polar surface area (TPSA) is 71.0 Å². The molecule has 2 amide bonds. The lowest BCUT2D eigenvalue weighted by molar-refractivity contribution is 0.251. The zero-order chi connectivity index (χ0) is 13.4. The molecule has 19 heavy (non-hydrogen) atoms. The Balaban J connectivity index is 1.92. The fourth-order valence-corrected chi connectivity index (χ4v) is 2.19. The van der Waals surface area contributed by atoms with E-state index in [-0.39, 0.29) is 6.03 Å². The average Bonchev–Trinajstić information content (AvgIpc) is 3.15. The largest absolute Gasteiger partial charge is 0.386 e. The highest BCUT2D eigenvalue weighted by Crippen LogP contribution is 2.28. The van der Waals surface area contributed by atoms with Crippen LogP contribution in [0.5, 0.6) is 0 Å². The number of nitrogens with zero attached hydrogens (tertiary/aromatic N) is 2. The van der Waals surface area contributed by atoms with Gasteiger partial charge in [0.05, 0.1) is 11.2 Å². The first-order valence-electron chi connectivity index (χ1n) is 6.40. The number of carbonyl (C=O) groups is 1. The van der Waals surface area contributed by atoms with Crippen LogP contribution in [0, 0.1) is 0 Å². The highest BCUT2D eigenvalue weighted by atomic mass is 16.2. The normalized spacial score (nSPS) is 14.4. The summed E-state index contributed by atoms with van der Waals surface area (Å²) >= 11 is 0. The second kappa shape index (κ2) is 4.46. The van der Waals surface area contributed by atoms with Gasteiger partial charge >= 0.3 is 6.03 Å². The summed E-state index contributed by atoms with van der Waals surface area (Å²) in [5, 5.41) is 14.1. The lowest BCUT2D eigenvalue weighted by Crippen LogP contribution is -2.30. The molecule has 3 N–H and O–H groups in total. The molecule has 0 saturated heterocycles. The molecule has 2 aromatic rings. The molecule has 0 bridgehead atoms. The van der Waals surface area contributed by atoms with Gasteiger partial charge in [0.2, 0.25) is 0 Å². The molecule has 0 atom stereocenters.